The van der Waals surface area contributed by atoms with E-state index in [0.29, 0.717) is 6.61 Å². The average molecular weight is 225 g/mol. The molecule has 1 aromatic rings. The summed E-state index contributed by atoms with van der Waals surface area (Å²) in [6.45, 7) is 2.23. The van der Waals surface area contributed by atoms with Crippen LogP contribution in [0.15, 0.2) is 18.7 Å². The van der Waals surface area contributed by atoms with Gasteiger partial charge in [-0.2, -0.15) is 0 Å². The fourth-order valence-corrected chi connectivity index (χ4v) is 1.98. The Morgan fingerprint density at radius 3 is 3.19 bits per heavy atom. The number of esters is 1. The standard InChI is InChI=1S/C11H18N3O2/c1-13-5-6-14(9-13)7-8-16-11(15)10-3-2-4-12-10/h5-6,9-10,12H,2-4,7-8H2,1H3/q+1/p+1/t10-/m0/s1. The third kappa shape index (κ3) is 2.82. The van der Waals surface area contributed by atoms with Crippen molar-refractivity contribution < 1.29 is 19.4 Å². The van der Waals surface area contributed by atoms with Crippen molar-refractivity contribution in [1.82, 2.24) is 4.57 Å². The number of nitrogens with two attached hydrogens (primary N) is 1. The molecule has 0 aromatic carbocycles. The third-order valence-electron chi connectivity index (χ3n) is 2.89. The van der Waals surface area contributed by atoms with Crippen LogP contribution in [0, 0.1) is 0 Å². The predicted molar refractivity (Wildman–Crippen MR) is 56.4 cm³/mol. The lowest BCUT2D eigenvalue weighted by atomic mass is 10.2. The van der Waals surface area contributed by atoms with E-state index in [1.165, 1.54) is 0 Å². The van der Waals surface area contributed by atoms with Crippen LogP contribution in [0.2, 0.25) is 0 Å². The smallest absolute Gasteiger partial charge is 0.364 e. The topological polar surface area (TPSA) is 51.7 Å². The van der Waals surface area contributed by atoms with Crippen molar-refractivity contribution in [3.63, 3.8) is 0 Å². The monoisotopic (exact) mass is 225 g/mol. The molecule has 2 N–H and O–H groups in total. The molecule has 88 valence electrons. The van der Waals surface area contributed by atoms with E-state index in [-0.39, 0.29) is 12.0 Å². The third-order valence-corrected chi connectivity index (χ3v) is 2.89. The minimum absolute atomic E-state index is 0.0424. The minimum atomic E-state index is -0.0611. The normalized spacial score (nSPS) is 19.9. The minimum Gasteiger partial charge on any atom is -0.457 e. The highest BCUT2D eigenvalue weighted by Crippen LogP contribution is 1.99. The van der Waals surface area contributed by atoms with Gasteiger partial charge in [-0.05, 0) is 0 Å². The number of hydrogen-bond donors (Lipinski definition) is 1. The molecule has 0 amide bonds. The van der Waals surface area contributed by atoms with E-state index in [9.17, 15) is 4.79 Å². The van der Waals surface area contributed by atoms with Crippen LogP contribution in [0.4, 0.5) is 0 Å². The summed E-state index contributed by atoms with van der Waals surface area (Å²) in [5.74, 6) is -0.0611. The van der Waals surface area contributed by atoms with Crippen molar-refractivity contribution in [2.24, 2.45) is 7.05 Å². The number of carbonyl (C=O) groups excluding carboxylic acids is 1. The molecule has 0 aliphatic carbocycles. The van der Waals surface area contributed by atoms with Gasteiger partial charge in [0.1, 0.15) is 25.5 Å². The van der Waals surface area contributed by atoms with Crippen LogP contribution in [-0.4, -0.2) is 29.7 Å². The van der Waals surface area contributed by atoms with Crippen molar-refractivity contribution in [2.75, 3.05) is 13.2 Å². The first kappa shape index (κ1) is 11.1. The zero-order chi connectivity index (χ0) is 11.4. The van der Waals surface area contributed by atoms with Gasteiger partial charge < -0.3 is 10.1 Å². The van der Waals surface area contributed by atoms with Crippen molar-refractivity contribution in [1.29, 1.82) is 0 Å². The maximum Gasteiger partial charge on any atom is 0.364 e. The molecule has 0 saturated carbocycles. The molecular weight excluding hydrogens is 206 g/mol. The Morgan fingerprint density at radius 1 is 1.69 bits per heavy atom. The van der Waals surface area contributed by atoms with Gasteiger partial charge in [-0.3, -0.25) is 0 Å². The van der Waals surface area contributed by atoms with Crippen LogP contribution in [0.25, 0.3) is 0 Å². The van der Waals surface area contributed by atoms with Crippen LogP contribution < -0.4 is 9.88 Å². The molecule has 1 atom stereocenters. The van der Waals surface area contributed by atoms with Gasteiger partial charge in [-0.15, -0.1) is 0 Å². The van der Waals surface area contributed by atoms with Crippen molar-refractivity contribution in [3.8, 4) is 0 Å². The lowest BCUT2D eigenvalue weighted by molar-refractivity contribution is -0.671. The highest BCUT2D eigenvalue weighted by Gasteiger charge is 2.27. The highest BCUT2D eigenvalue weighted by atomic mass is 16.5. The van der Waals surface area contributed by atoms with Crippen molar-refractivity contribution in [3.05, 3.63) is 18.7 Å². The van der Waals surface area contributed by atoms with Gasteiger partial charge in [-0.25, -0.2) is 13.9 Å². The molecule has 0 radical (unpaired) electrons. The number of aromatic nitrogens is 2. The van der Waals surface area contributed by atoms with Gasteiger partial charge in [0.05, 0.1) is 13.6 Å². The second kappa shape index (κ2) is 5.12. The van der Waals surface area contributed by atoms with E-state index in [4.69, 9.17) is 4.74 Å². The van der Waals surface area contributed by atoms with Gasteiger partial charge in [0.2, 0.25) is 6.33 Å². The number of hydrogen-bond acceptors (Lipinski definition) is 2. The maximum atomic E-state index is 11.6. The average Bonchev–Trinajstić information content (AvgIpc) is 2.89. The summed E-state index contributed by atoms with van der Waals surface area (Å²) in [4.78, 5) is 11.6. The quantitative estimate of drug-likeness (QED) is 0.505. The first-order valence-electron chi connectivity index (χ1n) is 5.76. The number of ether oxygens (including phenoxy) is 1. The van der Waals surface area contributed by atoms with Crippen LogP contribution >= 0.6 is 0 Å². The molecule has 1 aromatic heterocycles. The molecule has 16 heavy (non-hydrogen) atoms. The zero-order valence-corrected chi connectivity index (χ0v) is 9.63. The molecule has 1 saturated heterocycles. The Bertz CT molecular complexity index is 356. The zero-order valence-electron chi connectivity index (χ0n) is 9.63. The second-order valence-electron chi connectivity index (χ2n) is 4.26. The SMILES string of the molecule is C[n+]1ccn(CCOC(=O)[C@@H]2CCC[NH2+]2)c1. The molecule has 1 fully saturated rings. The maximum absolute atomic E-state index is 11.6. The Labute approximate surface area is 95.0 Å². The molecule has 0 unspecified atom stereocenters. The van der Waals surface area contributed by atoms with E-state index in [0.717, 1.165) is 25.9 Å². The number of carbonyl (C=O) groups is 1. The van der Waals surface area contributed by atoms with Gasteiger partial charge in [-0.1, -0.05) is 0 Å². The molecule has 5 nitrogen and oxygen atoms in total. The molecule has 2 heterocycles. The summed E-state index contributed by atoms with van der Waals surface area (Å²) in [6, 6.07) is 0.0424. The largest absolute Gasteiger partial charge is 0.457 e. The molecular formula is C11H19N3O2+2. The Balaban J connectivity index is 1.69. The summed E-state index contributed by atoms with van der Waals surface area (Å²) in [6.07, 6.45) is 7.97. The first-order valence-corrected chi connectivity index (χ1v) is 5.76. The van der Waals surface area contributed by atoms with Gasteiger partial charge in [0.25, 0.3) is 0 Å². The van der Waals surface area contributed by atoms with Crippen LogP contribution in [0.5, 0.6) is 0 Å². The van der Waals surface area contributed by atoms with E-state index in [2.05, 4.69) is 5.32 Å². The van der Waals surface area contributed by atoms with Crippen LogP contribution in [0.3, 0.4) is 0 Å². The van der Waals surface area contributed by atoms with Crippen LogP contribution in [-0.2, 0) is 23.1 Å². The van der Waals surface area contributed by atoms with Gasteiger partial charge >= 0.3 is 5.97 Å². The summed E-state index contributed by atoms with van der Waals surface area (Å²) in [7, 11) is 1.97. The molecule has 5 heteroatoms. The lowest BCUT2D eigenvalue weighted by Crippen LogP contribution is -2.88. The summed E-state index contributed by atoms with van der Waals surface area (Å²) < 4.78 is 9.21. The molecule has 0 bridgehead atoms. The predicted octanol–water partition coefficient (Wildman–Crippen LogP) is -1.42. The molecule has 1 aliphatic heterocycles. The summed E-state index contributed by atoms with van der Waals surface area (Å²) >= 11 is 0. The lowest BCUT2D eigenvalue weighted by Gasteiger charge is -2.06. The second-order valence-corrected chi connectivity index (χ2v) is 4.26. The van der Waals surface area contributed by atoms with Crippen LogP contribution in [0.1, 0.15) is 12.8 Å². The molecule has 1 aliphatic rings. The highest BCUT2D eigenvalue weighted by molar-refractivity contribution is 5.74. The Hall–Kier alpha value is -1.36. The number of aryl methyl sites for hydroxylation is 1. The first-order chi connectivity index (χ1) is 7.75. The van der Waals surface area contributed by atoms with E-state index in [1.54, 1.807) is 0 Å². The summed E-state index contributed by atoms with van der Waals surface area (Å²) in [5, 5.41) is 2.07. The van der Waals surface area contributed by atoms with Gasteiger partial charge in [0, 0.05) is 12.8 Å². The van der Waals surface area contributed by atoms with Crippen molar-refractivity contribution in [2.45, 2.75) is 25.4 Å². The van der Waals surface area contributed by atoms with Crippen molar-refractivity contribution >= 4 is 5.97 Å². The molecule has 0 spiro atoms. The Kier molecular flexibility index (Phi) is 3.56. The van der Waals surface area contributed by atoms with E-state index < -0.39 is 0 Å². The molecule has 2 rings (SSSR count). The summed E-state index contributed by atoms with van der Waals surface area (Å²) in [5.41, 5.74) is 0. The van der Waals surface area contributed by atoms with E-state index in [1.807, 2.05) is 34.9 Å². The Morgan fingerprint density at radius 2 is 2.56 bits per heavy atom. The van der Waals surface area contributed by atoms with Gasteiger partial charge in [0.15, 0.2) is 6.04 Å². The fraction of sp³-hybridized carbons (Fsp3) is 0.636. The number of quaternary nitrogens is 1. The number of nitrogens with zero attached hydrogens (tertiary/aromatic N) is 2. The number of imidazole rings is 1. The van der Waals surface area contributed by atoms with E-state index >= 15 is 0 Å². The fourth-order valence-electron chi connectivity index (χ4n) is 1.98. The number of rotatable bonds is 4.